The third-order valence-electron chi connectivity index (χ3n) is 2.26. The number of hydrogen-bond acceptors (Lipinski definition) is 2. The van der Waals surface area contributed by atoms with E-state index in [9.17, 15) is 4.79 Å². The van der Waals surface area contributed by atoms with Crippen molar-refractivity contribution in [3.8, 4) is 0 Å². The highest BCUT2D eigenvalue weighted by Gasteiger charge is 2.21. The summed E-state index contributed by atoms with van der Waals surface area (Å²) in [5.74, 6) is -0.796. The van der Waals surface area contributed by atoms with Crippen molar-refractivity contribution in [2.75, 3.05) is 0 Å². The molecule has 2 rings (SSSR count). The van der Waals surface area contributed by atoms with Crippen molar-refractivity contribution in [2.24, 2.45) is 0 Å². The summed E-state index contributed by atoms with van der Waals surface area (Å²) in [5.41, 5.74) is 1.02. The number of aromatic nitrogens is 2. The number of carbonyl (C=O) groups is 1. The summed E-state index contributed by atoms with van der Waals surface area (Å²) in [6.07, 6.45) is 3.07. The monoisotopic (exact) mass is 244 g/mol. The SMILES string of the molecule is O=C(O)c1nc(Br)c2n1CCCC2. The Labute approximate surface area is 83.7 Å². The van der Waals surface area contributed by atoms with Crippen LogP contribution >= 0.6 is 15.9 Å². The lowest BCUT2D eigenvalue weighted by atomic mass is 10.1. The summed E-state index contributed by atoms with van der Waals surface area (Å²) in [5, 5.41) is 8.85. The second-order valence-corrected chi connectivity index (χ2v) is 3.84. The molecule has 0 fully saturated rings. The molecule has 0 spiro atoms. The van der Waals surface area contributed by atoms with E-state index in [4.69, 9.17) is 5.11 Å². The molecule has 1 aromatic heterocycles. The molecule has 0 saturated carbocycles. The fraction of sp³-hybridized carbons (Fsp3) is 0.500. The van der Waals surface area contributed by atoms with Gasteiger partial charge in [-0.1, -0.05) is 0 Å². The molecule has 1 N–H and O–H groups in total. The molecule has 5 heteroatoms. The smallest absolute Gasteiger partial charge is 0.372 e. The molecule has 4 nitrogen and oxygen atoms in total. The normalized spacial score (nSPS) is 15.5. The summed E-state index contributed by atoms with van der Waals surface area (Å²) < 4.78 is 2.47. The molecule has 2 heterocycles. The maximum atomic E-state index is 10.8. The van der Waals surface area contributed by atoms with E-state index < -0.39 is 5.97 Å². The predicted molar refractivity (Wildman–Crippen MR) is 49.8 cm³/mol. The van der Waals surface area contributed by atoms with Crippen LogP contribution < -0.4 is 0 Å². The van der Waals surface area contributed by atoms with Crippen molar-refractivity contribution >= 4 is 21.9 Å². The molecular weight excluding hydrogens is 236 g/mol. The first kappa shape index (κ1) is 8.74. The Kier molecular flexibility index (Phi) is 2.11. The topological polar surface area (TPSA) is 55.1 Å². The zero-order chi connectivity index (χ0) is 9.42. The number of aromatic carboxylic acids is 1. The van der Waals surface area contributed by atoms with Crippen LogP contribution in [0.15, 0.2) is 4.60 Å². The zero-order valence-electron chi connectivity index (χ0n) is 6.96. The molecule has 1 aliphatic rings. The van der Waals surface area contributed by atoms with Crippen molar-refractivity contribution in [1.29, 1.82) is 0 Å². The Morgan fingerprint density at radius 1 is 1.54 bits per heavy atom. The zero-order valence-corrected chi connectivity index (χ0v) is 8.54. The Hall–Kier alpha value is -0.840. The van der Waals surface area contributed by atoms with E-state index in [1.165, 1.54) is 0 Å². The summed E-state index contributed by atoms with van der Waals surface area (Å²) in [6.45, 7) is 0.773. The quantitative estimate of drug-likeness (QED) is 0.818. The number of hydrogen-bond donors (Lipinski definition) is 1. The van der Waals surface area contributed by atoms with Crippen LogP contribution in [0.3, 0.4) is 0 Å². The van der Waals surface area contributed by atoms with Gasteiger partial charge in [-0.3, -0.25) is 0 Å². The maximum absolute atomic E-state index is 10.8. The Balaban J connectivity index is 2.53. The second-order valence-electron chi connectivity index (χ2n) is 3.09. The average Bonchev–Trinajstić information content (AvgIpc) is 2.45. The van der Waals surface area contributed by atoms with Crippen LogP contribution in [0.2, 0.25) is 0 Å². The highest BCUT2D eigenvalue weighted by atomic mass is 79.9. The van der Waals surface area contributed by atoms with Gasteiger partial charge in [0.25, 0.3) is 0 Å². The van der Waals surface area contributed by atoms with Gasteiger partial charge in [-0.15, -0.1) is 0 Å². The summed E-state index contributed by atoms with van der Waals surface area (Å²) in [4.78, 5) is 14.8. The van der Waals surface area contributed by atoms with Gasteiger partial charge in [0.1, 0.15) is 4.60 Å². The largest absolute Gasteiger partial charge is 0.475 e. The third-order valence-corrected chi connectivity index (χ3v) is 2.90. The van der Waals surface area contributed by atoms with Gasteiger partial charge in [0, 0.05) is 6.54 Å². The van der Waals surface area contributed by atoms with Crippen LogP contribution in [0.1, 0.15) is 29.2 Å². The van der Waals surface area contributed by atoms with Crippen LogP contribution in [0.5, 0.6) is 0 Å². The molecule has 0 bridgehead atoms. The lowest BCUT2D eigenvalue weighted by molar-refractivity contribution is 0.0677. The predicted octanol–water partition coefficient (Wildman–Crippen LogP) is 1.68. The molecule has 13 heavy (non-hydrogen) atoms. The van der Waals surface area contributed by atoms with Crippen molar-refractivity contribution in [2.45, 2.75) is 25.8 Å². The van der Waals surface area contributed by atoms with Crippen LogP contribution in [0.4, 0.5) is 0 Å². The highest BCUT2D eigenvalue weighted by Crippen LogP contribution is 2.24. The number of imidazole rings is 1. The van der Waals surface area contributed by atoms with Gasteiger partial charge in [0.2, 0.25) is 5.82 Å². The Morgan fingerprint density at radius 3 is 3.00 bits per heavy atom. The molecule has 0 unspecified atom stereocenters. The van der Waals surface area contributed by atoms with Gasteiger partial charge >= 0.3 is 5.97 Å². The van der Waals surface area contributed by atoms with Crippen molar-refractivity contribution in [3.63, 3.8) is 0 Å². The first-order chi connectivity index (χ1) is 6.20. The number of carboxylic acid groups (broad SMARTS) is 1. The number of carboxylic acids is 1. The van der Waals surface area contributed by atoms with Gasteiger partial charge in [-0.05, 0) is 35.2 Å². The fourth-order valence-corrected chi connectivity index (χ4v) is 2.24. The van der Waals surface area contributed by atoms with Crippen LogP contribution in [0.25, 0.3) is 0 Å². The van der Waals surface area contributed by atoms with Gasteiger partial charge in [0.15, 0.2) is 0 Å². The van der Waals surface area contributed by atoms with Crippen molar-refractivity contribution in [1.82, 2.24) is 9.55 Å². The van der Waals surface area contributed by atoms with Crippen molar-refractivity contribution in [3.05, 3.63) is 16.1 Å². The average molecular weight is 245 g/mol. The molecule has 0 radical (unpaired) electrons. The van der Waals surface area contributed by atoms with E-state index in [-0.39, 0.29) is 5.82 Å². The first-order valence-corrected chi connectivity index (χ1v) is 4.97. The minimum Gasteiger partial charge on any atom is -0.475 e. The molecule has 1 aromatic rings. The number of halogens is 1. The van der Waals surface area contributed by atoms with Crippen molar-refractivity contribution < 1.29 is 9.90 Å². The number of fused-ring (bicyclic) bond motifs is 1. The van der Waals surface area contributed by atoms with Gasteiger partial charge in [-0.2, -0.15) is 0 Å². The molecular formula is C8H9BrN2O2. The number of rotatable bonds is 1. The number of nitrogens with zero attached hydrogens (tertiary/aromatic N) is 2. The summed E-state index contributed by atoms with van der Waals surface area (Å²) >= 11 is 3.28. The van der Waals surface area contributed by atoms with E-state index in [0.29, 0.717) is 4.60 Å². The summed E-state index contributed by atoms with van der Waals surface area (Å²) in [6, 6.07) is 0. The van der Waals surface area contributed by atoms with Crippen LogP contribution in [0, 0.1) is 0 Å². The van der Waals surface area contributed by atoms with E-state index in [2.05, 4.69) is 20.9 Å². The van der Waals surface area contributed by atoms with E-state index >= 15 is 0 Å². The van der Waals surface area contributed by atoms with E-state index in [1.54, 1.807) is 4.57 Å². The maximum Gasteiger partial charge on any atom is 0.372 e. The second kappa shape index (κ2) is 3.14. The van der Waals surface area contributed by atoms with E-state index in [1.807, 2.05) is 0 Å². The lowest BCUT2D eigenvalue weighted by Crippen LogP contribution is -2.15. The fourth-order valence-electron chi connectivity index (χ4n) is 1.66. The summed E-state index contributed by atoms with van der Waals surface area (Å²) in [7, 11) is 0. The molecule has 0 saturated heterocycles. The molecule has 0 amide bonds. The van der Waals surface area contributed by atoms with Gasteiger partial charge < -0.3 is 9.67 Å². The molecule has 0 aliphatic carbocycles. The van der Waals surface area contributed by atoms with E-state index in [0.717, 1.165) is 31.5 Å². The van der Waals surface area contributed by atoms with Gasteiger partial charge in [-0.25, -0.2) is 9.78 Å². The molecule has 0 aromatic carbocycles. The minimum absolute atomic E-state index is 0.154. The molecule has 0 atom stereocenters. The lowest BCUT2D eigenvalue weighted by Gasteiger charge is -2.14. The minimum atomic E-state index is -0.950. The Morgan fingerprint density at radius 2 is 2.31 bits per heavy atom. The van der Waals surface area contributed by atoms with Crippen LogP contribution in [-0.2, 0) is 13.0 Å². The first-order valence-electron chi connectivity index (χ1n) is 4.18. The Bertz CT molecular complexity index is 359. The molecule has 70 valence electrons. The standard InChI is InChI=1S/C8H9BrN2O2/c9-6-5-3-1-2-4-11(5)7(10-6)8(12)13/h1-4H2,(H,12,13). The highest BCUT2D eigenvalue weighted by molar-refractivity contribution is 9.10. The third kappa shape index (κ3) is 1.37. The molecule has 1 aliphatic heterocycles. The van der Waals surface area contributed by atoms with Crippen LogP contribution in [-0.4, -0.2) is 20.6 Å². The van der Waals surface area contributed by atoms with Gasteiger partial charge in [0.05, 0.1) is 5.69 Å².